The molecule has 0 aliphatic rings. The summed E-state index contributed by atoms with van der Waals surface area (Å²) in [5.41, 5.74) is 3.95. The summed E-state index contributed by atoms with van der Waals surface area (Å²) in [7, 11) is 0.277. The summed E-state index contributed by atoms with van der Waals surface area (Å²) in [6.07, 6.45) is 0. The van der Waals surface area contributed by atoms with Crippen LogP contribution in [-0.4, -0.2) is 16.6 Å². The van der Waals surface area contributed by atoms with Crippen molar-refractivity contribution in [2.45, 2.75) is 58.8 Å². The molecule has 0 saturated carbocycles. The molecule has 6 aromatic rings. The predicted molar refractivity (Wildman–Crippen MR) is 180 cm³/mol. The molecule has 42 heavy (non-hydrogen) atoms. The van der Waals surface area contributed by atoms with Gasteiger partial charge in [0, 0.05) is 16.6 Å². The minimum Gasteiger partial charge on any atom is -1.00 e. The van der Waals surface area contributed by atoms with Crippen molar-refractivity contribution in [3.05, 3.63) is 121 Å². The monoisotopic (exact) mass is 660 g/mol. The maximum absolute atomic E-state index is 2.38. The van der Waals surface area contributed by atoms with E-state index in [1.807, 2.05) is 0 Å². The number of benzene rings is 4. The Morgan fingerprint density at radius 2 is 1.07 bits per heavy atom. The molecule has 216 valence electrons. The molecule has 0 atom stereocenters. The van der Waals surface area contributed by atoms with Crippen LogP contribution in [0.5, 0.6) is 0 Å². The average molecular weight is 662 g/mol. The van der Waals surface area contributed by atoms with E-state index in [2.05, 4.69) is 150 Å². The number of halogens is 2. The Morgan fingerprint density at radius 3 is 1.67 bits per heavy atom. The Balaban J connectivity index is 0.000000332. The predicted octanol–water partition coefficient (Wildman–Crippen LogP) is 5.39. The molecule has 0 aromatic heterocycles. The number of rotatable bonds is 6. The van der Waals surface area contributed by atoms with Gasteiger partial charge in [-0.15, -0.1) is 80.3 Å². The molecule has 0 nitrogen and oxygen atoms in total. The fraction of sp³-hybridized carbons (Fsp3) is 0.243. The first kappa shape index (κ1) is 38.1. The minimum atomic E-state index is 0. The first-order valence-corrected chi connectivity index (χ1v) is 19.4. The molecular formula is C37H42Cl2Si2Ti. The summed E-state index contributed by atoms with van der Waals surface area (Å²) in [6.45, 7) is 11.7. The largest absolute Gasteiger partial charge is 4.00 e. The van der Waals surface area contributed by atoms with Crippen molar-refractivity contribution in [2.75, 3.05) is 0 Å². The molecule has 0 aliphatic heterocycles. The molecule has 0 heterocycles. The van der Waals surface area contributed by atoms with E-state index in [-0.39, 0.29) is 63.2 Å². The van der Waals surface area contributed by atoms with Gasteiger partial charge >= 0.3 is 21.7 Å². The van der Waals surface area contributed by atoms with Crippen LogP contribution in [-0.2, 0) is 21.7 Å². The number of hydrogen-bond acceptors (Lipinski definition) is 0. The Labute approximate surface area is 284 Å². The van der Waals surface area contributed by atoms with E-state index in [9.17, 15) is 0 Å². The molecule has 0 bridgehead atoms. The quantitative estimate of drug-likeness (QED) is 0.166. The first-order chi connectivity index (χ1) is 19.1. The van der Waals surface area contributed by atoms with Crippen LogP contribution in [0.1, 0.15) is 33.3 Å². The van der Waals surface area contributed by atoms with Crippen molar-refractivity contribution in [1.29, 1.82) is 0 Å². The fourth-order valence-corrected chi connectivity index (χ4v) is 14.7. The van der Waals surface area contributed by atoms with Gasteiger partial charge in [0.15, 0.2) is 0 Å². The van der Waals surface area contributed by atoms with Crippen LogP contribution in [0.2, 0.25) is 24.2 Å². The summed E-state index contributed by atoms with van der Waals surface area (Å²) in [5.74, 6) is 0. The fourth-order valence-electron chi connectivity index (χ4n) is 5.67. The molecule has 0 N–H and O–H groups in total. The van der Waals surface area contributed by atoms with Crippen LogP contribution in [0, 0.1) is 6.92 Å². The van der Waals surface area contributed by atoms with Gasteiger partial charge in [-0.1, -0.05) is 131 Å². The summed E-state index contributed by atoms with van der Waals surface area (Å²) in [4.78, 5) is 0. The smallest absolute Gasteiger partial charge is 1.00 e. The van der Waals surface area contributed by atoms with Crippen LogP contribution in [0.15, 0.2) is 115 Å². The molecule has 0 fully saturated rings. The molecular weight excluding hydrogens is 619 g/mol. The third-order valence-electron chi connectivity index (χ3n) is 7.69. The average Bonchev–Trinajstić information content (AvgIpc) is 3.56. The van der Waals surface area contributed by atoms with Crippen LogP contribution < -0.4 is 24.8 Å². The van der Waals surface area contributed by atoms with E-state index in [1.54, 1.807) is 0 Å². The second-order valence-corrected chi connectivity index (χ2v) is 19.6. The van der Waals surface area contributed by atoms with Crippen molar-refractivity contribution in [3.8, 4) is 11.1 Å². The third kappa shape index (κ3) is 9.54. The van der Waals surface area contributed by atoms with Gasteiger partial charge in [-0.3, -0.25) is 0 Å². The van der Waals surface area contributed by atoms with Gasteiger partial charge in [0.2, 0.25) is 0 Å². The number of fused-ring (bicyclic) bond motifs is 4. The zero-order chi connectivity index (χ0) is 27.6. The maximum Gasteiger partial charge on any atom is 4.00 e. The zero-order valence-corrected chi connectivity index (χ0v) is 30.6. The number of aryl methyl sites for hydroxylation is 1. The second kappa shape index (κ2) is 19.4. The van der Waals surface area contributed by atoms with Crippen LogP contribution in [0.4, 0.5) is 0 Å². The maximum atomic E-state index is 2.38. The van der Waals surface area contributed by atoms with Gasteiger partial charge < -0.3 is 24.8 Å². The summed E-state index contributed by atoms with van der Waals surface area (Å²) >= 11 is 0. The van der Waals surface area contributed by atoms with Crippen molar-refractivity contribution < 1.29 is 46.5 Å². The van der Waals surface area contributed by atoms with Crippen molar-refractivity contribution in [1.82, 2.24) is 0 Å². The Kier molecular flexibility index (Phi) is 17.6. The van der Waals surface area contributed by atoms with Crippen LogP contribution in [0.25, 0.3) is 43.4 Å². The second-order valence-electron chi connectivity index (χ2n) is 10.2. The molecule has 0 aliphatic carbocycles. The van der Waals surface area contributed by atoms with Gasteiger partial charge in [-0.05, 0) is 5.56 Å². The molecule has 0 saturated heterocycles. The van der Waals surface area contributed by atoms with E-state index < -0.39 is 0 Å². The van der Waals surface area contributed by atoms with E-state index in [4.69, 9.17) is 0 Å². The van der Waals surface area contributed by atoms with E-state index in [1.165, 1.54) is 73.2 Å². The van der Waals surface area contributed by atoms with E-state index in [0.29, 0.717) is 0 Å². The summed E-state index contributed by atoms with van der Waals surface area (Å²) in [5, 5.41) is 8.05. The standard InChI is InChI=1S/C19H13.C10H9.C8H20Si2.2ClH.Ti/c1-2-7-14(8-3-1)17-12-6-10-16-13-15-9-4-5-11-18(15)19(16)17;1-8-6-9-4-2-3-5-10(9)7-8;1-5-9(6-2)10(7-3)8-4;;;/h1-13H;2-7H,1H3;5-8H2,1-4H3;2*1H;/q2*-1;;;;+4/p-2. The number of hydrogen-bond donors (Lipinski definition) is 0. The molecule has 6 aromatic carbocycles. The molecule has 0 amide bonds. The Hall–Kier alpha value is -1.91. The van der Waals surface area contributed by atoms with Crippen LogP contribution >= 0.6 is 0 Å². The Morgan fingerprint density at radius 1 is 0.548 bits per heavy atom. The SMILES string of the molecule is CC[Si](CC)[Si](CC)CC.Cc1cc2ccccc2[cH-]1.[Cl-].[Cl-].[Ti+4].c1ccc(-c2cccc3[cH-]c4ccccc4c23)cc1. The van der Waals surface area contributed by atoms with Gasteiger partial charge in [-0.25, -0.2) is 0 Å². The van der Waals surface area contributed by atoms with Gasteiger partial charge in [0.25, 0.3) is 0 Å². The van der Waals surface area contributed by atoms with Crippen molar-refractivity contribution in [3.63, 3.8) is 0 Å². The minimum absolute atomic E-state index is 0. The molecule has 5 heteroatoms. The van der Waals surface area contributed by atoms with Crippen LogP contribution in [0.3, 0.4) is 0 Å². The summed E-state index contributed by atoms with van der Waals surface area (Å²) in [6, 6.07) is 46.9. The zero-order valence-electron chi connectivity index (χ0n) is 25.6. The molecule has 0 unspecified atom stereocenters. The molecule has 0 spiro atoms. The first-order valence-electron chi connectivity index (χ1n) is 14.5. The van der Waals surface area contributed by atoms with Crippen molar-refractivity contribution in [2.24, 2.45) is 0 Å². The molecule has 6 rings (SSSR count). The van der Waals surface area contributed by atoms with E-state index in [0.717, 1.165) is 0 Å². The van der Waals surface area contributed by atoms with E-state index >= 15 is 0 Å². The third-order valence-corrected chi connectivity index (χ3v) is 19.3. The van der Waals surface area contributed by atoms with Gasteiger partial charge in [-0.2, -0.15) is 6.07 Å². The normalized spacial score (nSPS) is 10.3. The molecule has 2 radical (unpaired) electrons. The van der Waals surface area contributed by atoms with Gasteiger partial charge in [0.05, 0.1) is 0 Å². The summed E-state index contributed by atoms with van der Waals surface area (Å²) < 4.78 is 0. The Bertz CT molecular complexity index is 1540. The van der Waals surface area contributed by atoms with Gasteiger partial charge in [0.1, 0.15) is 0 Å². The van der Waals surface area contributed by atoms with Crippen molar-refractivity contribution >= 4 is 48.9 Å². The topological polar surface area (TPSA) is 0 Å².